The Bertz CT molecular complexity index is 134. The molecule has 0 saturated carbocycles. The van der Waals surface area contributed by atoms with E-state index in [0.717, 1.165) is 0 Å². The van der Waals surface area contributed by atoms with Crippen molar-refractivity contribution in [2.75, 3.05) is 5.33 Å². The Hall–Kier alpha value is -0.100. The average molecular weight is 292 g/mol. The number of rotatable bonds is 2. The Morgan fingerprint density at radius 1 is 1.45 bits per heavy atom. The second kappa shape index (κ2) is 8.00. The normalized spacial score (nSPS) is 10.8. The fourth-order valence-corrected chi connectivity index (χ4v) is 0. The number of carboxylic acid groups (broad SMARTS) is 2. The highest BCUT2D eigenvalue weighted by atomic mass is 79.9. The van der Waals surface area contributed by atoms with Crippen molar-refractivity contribution in [2.45, 2.75) is 11.8 Å². The summed E-state index contributed by atoms with van der Waals surface area (Å²) in [6.45, 7) is 1.56. The first kappa shape index (κ1) is 13.5. The van der Waals surface area contributed by atoms with Crippen molar-refractivity contribution in [3.05, 3.63) is 0 Å². The van der Waals surface area contributed by atoms with Crippen LogP contribution in [0.5, 0.6) is 0 Å². The molecule has 0 heterocycles. The van der Waals surface area contributed by atoms with Gasteiger partial charge in [0, 0.05) is 0 Å². The van der Waals surface area contributed by atoms with Crippen LogP contribution in [0, 0.1) is 0 Å². The van der Waals surface area contributed by atoms with E-state index in [1.54, 1.807) is 6.92 Å². The quantitative estimate of drug-likeness (QED) is 0.753. The zero-order valence-electron chi connectivity index (χ0n) is 5.75. The number of hydrogen-bond donors (Lipinski definition) is 2. The maximum absolute atomic E-state index is 9.65. The first-order chi connectivity index (χ1) is 4.91. The van der Waals surface area contributed by atoms with Crippen LogP contribution in [0.3, 0.4) is 0 Å². The molecule has 0 spiro atoms. The van der Waals surface area contributed by atoms with Gasteiger partial charge in [-0.05, 0) is 6.92 Å². The number of alkyl halides is 2. The van der Waals surface area contributed by atoms with Gasteiger partial charge in [-0.3, -0.25) is 9.59 Å². The van der Waals surface area contributed by atoms with Crippen LogP contribution in [-0.2, 0) is 9.59 Å². The van der Waals surface area contributed by atoms with Gasteiger partial charge in [0.1, 0.15) is 10.2 Å². The van der Waals surface area contributed by atoms with E-state index in [0.29, 0.717) is 0 Å². The lowest BCUT2D eigenvalue weighted by atomic mass is 10.5. The molecule has 4 nitrogen and oxygen atoms in total. The highest BCUT2D eigenvalue weighted by molar-refractivity contribution is 9.10. The van der Waals surface area contributed by atoms with Crippen LogP contribution >= 0.6 is 31.9 Å². The van der Waals surface area contributed by atoms with E-state index in [9.17, 15) is 9.59 Å². The molecule has 1 unspecified atom stereocenters. The molecule has 0 aromatic heterocycles. The van der Waals surface area contributed by atoms with Crippen molar-refractivity contribution in [1.29, 1.82) is 0 Å². The minimum Gasteiger partial charge on any atom is -0.481 e. The van der Waals surface area contributed by atoms with Gasteiger partial charge in [-0.15, -0.1) is 0 Å². The van der Waals surface area contributed by atoms with E-state index in [-0.39, 0.29) is 5.33 Å². The molecule has 2 N–H and O–H groups in total. The summed E-state index contributed by atoms with van der Waals surface area (Å²) in [6.07, 6.45) is 0. The maximum Gasteiger partial charge on any atom is 0.316 e. The summed E-state index contributed by atoms with van der Waals surface area (Å²) in [5.41, 5.74) is 0. The van der Waals surface area contributed by atoms with Crippen LogP contribution in [0.2, 0.25) is 0 Å². The molecule has 0 fully saturated rings. The first-order valence-electron chi connectivity index (χ1n) is 2.56. The lowest BCUT2D eigenvalue weighted by Crippen LogP contribution is -2.06. The summed E-state index contributed by atoms with van der Waals surface area (Å²) < 4.78 is 0. The predicted octanol–water partition coefficient (Wildman–Crippen LogP) is 1.32. The third kappa shape index (κ3) is 17.7. The van der Waals surface area contributed by atoms with Crippen LogP contribution in [0.15, 0.2) is 0 Å². The maximum atomic E-state index is 9.65. The molecule has 11 heavy (non-hydrogen) atoms. The first-order valence-corrected chi connectivity index (χ1v) is 4.60. The van der Waals surface area contributed by atoms with Gasteiger partial charge in [0.05, 0.1) is 0 Å². The van der Waals surface area contributed by atoms with Crippen LogP contribution in [-0.4, -0.2) is 32.3 Å². The van der Waals surface area contributed by atoms with Crippen LogP contribution in [0.1, 0.15) is 6.92 Å². The molecular formula is C5H8Br2O4. The van der Waals surface area contributed by atoms with E-state index >= 15 is 0 Å². The van der Waals surface area contributed by atoms with Crippen molar-refractivity contribution in [3.63, 3.8) is 0 Å². The minimum atomic E-state index is -0.829. The summed E-state index contributed by atoms with van der Waals surface area (Å²) >= 11 is 5.55. The second-order valence-electron chi connectivity index (χ2n) is 1.48. The summed E-state index contributed by atoms with van der Waals surface area (Å²) in [5, 5.41) is 15.7. The van der Waals surface area contributed by atoms with Crippen molar-refractivity contribution in [3.8, 4) is 0 Å². The van der Waals surface area contributed by atoms with E-state index in [2.05, 4.69) is 31.9 Å². The molecule has 0 aliphatic heterocycles. The highest BCUT2D eigenvalue weighted by Crippen LogP contribution is 1.93. The predicted molar refractivity (Wildman–Crippen MR) is 47.5 cm³/mol. The third-order valence-electron chi connectivity index (χ3n) is 0.455. The topological polar surface area (TPSA) is 74.6 Å². The van der Waals surface area contributed by atoms with Crippen molar-refractivity contribution >= 4 is 43.8 Å². The smallest absolute Gasteiger partial charge is 0.316 e. The molecule has 1 atom stereocenters. The van der Waals surface area contributed by atoms with E-state index < -0.39 is 16.8 Å². The van der Waals surface area contributed by atoms with Gasteiger partial charge >= 0.3 is 11.9 Å². The number of carboxylic acids is 2. The number of carbonyl (C=O) groups is 2. The van der Waals surface area contributed by atoms with Crippen LogP contribution < -0.4 is 0 Å². The largest absolute Gasteiger partial charge is 0.481 e. The number of aliphatic carboxylic acids is 2. The zero-order valence-corrected chi connectivity index (χ0v) is 8.92. The molecule has 0 rings (SSSR count). The van der Waals surface area contributed by atoms with Gasteiger partial charge in [-0.1, -0.05) is 31.9 Å². The van der Waals surface area contributed by atoms with Gasteiger partial charge in [-0.25, -0.2) is 0 Å². The molecule has 6 heteroatoms. The Morgan fingerprint density at radius 2 is 1.64 bits per heavy atom. The molecule has 0 aliphatic carbocycles. The average Bonchev–Trinajstić information content (AvgIpc) is 1.89. The molecule has 0 aliphatic rings. The van der Waals surface area contributed by atoms with Gasteiger partial charge in [0.2, 0.25) is 0 Å². The standard InChI is InChI=1S/C3H5BrO2.C2H3BrO2/c1-2(4)3(5)6;3-1-2(4)5/h2H,1H3,(H,5,6);1H2,(H,4,5). The van der Waals surface area contributed by atoms with Gasteiger partial charge in [-0.2, -0.15) is 0 Å². The van der Waals surface area contributed by atoms with Gasteiger partial charge in [0.15, 0.2) is 0 Å². The molecule has 0 amide bonds. The molecule has 0 saturated heterocycles. The van der Waals surface area contributed by atoms with E-state index in [1.807, 2.05) is 0 Å². The second-order valence-corrected chi connectivity index (χ2v) is 3.42. The highest BCUT2D eigenvalue weighted by Gasteiger charge is 2.01. The fourth-order valence-electron chi connectivity index (χ4n) is 0. The van der Waals surface area contributed by atoms with E-state index in [1.165, 1.54) is 0 Å². The van der Waals surface area contributed by atoms with Crippen molar-refractivity contribution < 1.29 is 19.8 Å². The van der Waals surface area contributed by atoms with Crippen LogP contribution in [0.25, 0.3) is 0 Å². The molecule has 0 bridgehead atoms. The molecular weight excluding hydrogens is 284 g/mol. The van der Waals surface area contributed by atoms with Gasteiger partial charge in [0.25, 0.3) is 0 Å². The SMILES string of the molecule is CC(Br)C(=O)O.O=C(O)CBr. The molecule has 0 radical (unpaired) electrons. The minimum absolute atomic E-state index is 0.0347. The number of halogens is 2. The Kier molecular flexibility index (Phi) is 9.81. The summed E-state index contributed by atoms with van der Waals surface area (Å²) in [4.78, 5) is 18.6. The third-order valence-corrected chi connectivity index (χ3v) is 1.33. The van der Waals surface area contributed by atoms with Crippen LogP contribution in [0.4, 0.5) is 0 Å². The Balaban J connectivity index is 0. The summed E-state index contributed by atoms with van der Waals surface area (Å²) in [5.74, 6) is -1.65. The summed E-state index contributed by atoms with van der Waals surface area (Å²) in [6, 6.07) is 0. The lowest BCUT2D eigenvalue weighted by Gasteiger charge is -1.87. The Morgan fingerprint density at radius 3 is 1.64 bits per heavy atom. The lowest BCUT2D eigenvalue weighted by molar-refractivity contribution is -0.136. The van der Waals surface area contributed by atoms with Gasteiger partial charge < -0.3 is 10.2 Å². The fraction of sp³-hybridized carbons (Fsp3) is 0.600. The monoisotopic (exact) mass is 290 g/mol. The molecule has 66 valence electrons. The summed E-state index contributed by atoms with van der Waals surface area (Å²) in [7, 11) is 0. The van der Waals surface area contributed by atoms with E-state index in [4.69, 9.17) is 10.2 Å². The molecule has 0 aromatic rings. The van der Waals surface area contributed by atoms with Crippen molar-refractivity contribution in [2.24, 2.45) is 0 Å². The Labute approximate surface area is 80.9 Å². The molecule has 0 aromatic carbocycles. The number of hydrogen-bond acceptors (Lipinski definition) is 2. The van der Waals surface area contributed by atoms with Crippen molar-refractivity contribution in [1.82, 2.24) is 0 Å². The zero-order chi connectivity index (χ0) is 9.44.